The lowest BCUT2D eigenvalue weighted by atomic mass is 10.0. The van der Waals surface area contributed by atoms with Gasteiger partial charge in [0.25, 0.3) is 0 Å². The van der Waals surface area contributed by atoms with Crippen LogP contribution in [-0.4, -0.2) is 37.6 Å². The zero-order chi connectivity index (χ0) is 29.5. The second kappa shape index (κ2) is 10.4. The van der Waals surface area contributed by atoms with Gasteiger partial charge in [0.2, 0.25) is 0 Å². The number of alkyl halides is 5. The lowest BCUT2D eigenvalue weighted by Gasteiger charge is -2.16. The van der Waals surface area contributed by atoms with E-state index < -0.39 is 57.3 Å². The van der Waals surface area contributed by atoms with Crippen LogP contribution in [-0.2, 0) is 20.7 Å². The molecule has 1 aromatic carbocycles. The van der Waals surface area contributed by atoms with Crippen molar-refractivity contribution in [3.05, 3.63) is 71.8 Å². The quantitative estimate of drug-likeness (QED) is 0.201. The molecule has 4 rings (SSSR count). The molecule has 0 spiro atoms. The van der Waals surface area contributed by atoms with Gasteiger partial charge < -0.3 is 9.73 Å². The van der Waals surface area contributed by atoms with E-state index in [0.29, 0.717) is 11.4 Å². The summed E-state index contributed by atoms with van der Waals surface area (Å²) in [6.07, 6.45) is -3.01. The number of anilines is 2. The molecule has 0 radical (unpaired) electrons. The Balaban J connectivity index is 1.74. The van der Waals surface area contributed by atoms with Crippen LogP contribution in [0.15, 0.2) is 53.3 Å². The van der Waals surface area contributed by atoms with Crippen molar-refractivity contribution in [2.45, 2.75) is 25.4 Å². The molecule has 1 atom stereocenters. The first kappa shape index (κ1) is 28.9. The van der Waals surface area contributed by atoms with Gasteiger partial charge in [0.1, 0.15) is 34.5 Å². The van der Waals surface area contributed by atoms with Gasteiger partial charge >= 0.3 is 18.0 Å². The summed E-state index contributed by atoms with van der Waals surface area (Å²) in [4.78, 5) is 19.0. The van der Waals surface area contributed by atoms with E-state index in [-0.39, 0.29) is 33.5 Å². The smallest absolute Gasteiger partial charge is 0.433 e. The third kappa shape index (κ3) is 6.19. The Morgan fingerprint density at radius 3 is 2.42 bits per heavy atom. The van der Waals surface area contributed by atoms with Crippen molar-refractivity contribution >= 4 is 43.6 Å². The van der Waals surface area contributed by atoms with Crippen molar-refractivity contribution in [2.24, 2.45) is 0 Å². The molecule has 4 aromatic rings. The Morgan fingerprint density at radius 2 is 1.75 bits per heavy atom. The van der Waals surface area contributed by atoms with Crippen LogP contribution >= 0.6 is 0 Å². The first-order valence-electron chi connectivity index (χ1n) is 11.3. The summed E-state index contributed by atoms with van der Waals surface area (Å²) in [5.74, 6) is -7.80. The standard InChI is InChI=1S/C25H19F7N4O3S/c1-3-24(28,29)23(37)36-40(2,38)12-13-8-19(25(30,31)32)34-21(9-13)35-20-10-16(18(27)11-33-20)14-4-5-17(26)15-6-7-39-22(14)15/h4-12H,3H2,1-2H3,(H,33,34,35)(H,36,37,38). The zero-order valence-electron chi connectivity index (χ0n) is 20.6. The van der Waals surface area contributed by atoms with E-state index in [1.54, 1.807) is 4.72 Å². The Labute approximate surface area is 222 Å². The van der Waals surface area contributed by atoms with Gasteiger partial charge in [-0.1, -0.05) is 6.92 Å². The number of carbonyl (C=O) groups excluding carboxylic acids is 1. The minimum atomic E-state index is -4.98. The van der Waals surface area contributed by atoms with E-state index in [1.807, 2.05) is 0 Å². The monoisotopic (exact) mass is 588 g/mol. The number of nitrogens with zero attached hydrogens (tertiary/aromatic N) is 2. The number of fused-ring (bicyclic) bond motifs is 1. The predicted octanol–water partition coefficient (Wildman–Crippen LogP) is 6.07. The number of rotatable bonds is 7. The highest BCUT2D eigenvalue weighted by molar-refractivity contribution is 7.99. The summed E-state index contributed by atoms with van der Waals surface area (Å²) in [7, 11) is -3.73. The van der Waals surface area contributed by atoms with Gasteiger partial charge in [-0.3, -0.25) is 9.52 Å². The molecule has 7 nitrogen and oxygen atoms in total. The third-order valence-electron chi connectivity index (χ3n) is 5.54. The van der Waals surface area contributed by atoms with Crippen LogP contribution < -0.4 is 10.0 Å². The molecule has 0 aliphatic heterocycles. The molecule has 3 aromatic heterocycles. The molecule has 1 amide bonds. The SMILES string of the molecule is CCC(F)(F)C(=O)NS(C)(=O)=Cc1cc(Nc2cc(-c3ccc(F)c4ccoc34)c(F)cn2)nc(C(F)(F)F)c1. The fourth-order valence-electron chi connectivity index (χ4n) is 3.62. The molecule has 2 N–H and O–H groups in total. The second-order valence-electron chi connectivity index (χ2n) is 8.61. The van der Waals surface area contributed by atoms with Crippen molar-refractivity contribution < 1.29 is 44.2 Å². The highest BCUT2D eigenvalue weighted by atomic mass is 32.2. The van der Waals surface area contributed by atoms with Gasteiger partial charge in [0.15, 0.2) is 0 Å². The summed E-state index contributed by atoms with van der Waals surface area (Å²) in [5, 5.41) is 3.26. The molecule has 1 unspecified atom stereocenters. The summed E-state index contributed by atoms with van der Waals surface area (Å²) in [6.45, 7) is 1.03. The number of carbonyl (C=O) groups is 1. The molecular weight excluding hydrogens is 569 g/mol. The highest BCUT2D eigenvalue weighted by Gasteiger charge is 2.37. The first-order valence-corrected chi connectivity index (χ1v) is 13.3. The molecule has 0 aliphatic rings. The average Bonchev–Trinajstić information content (AvgIpc) is 3.35. The van der Waals surface area contributed by atoms with Crippen LogP contribution in [0.5, 0.6) is 0 Å². The molecule has 3 heterocycles. The van der Waals surface area contributed by atoms with E-state index >= 15 is 0 Å². The number of halogens is 7. The van der Waals surface area contributed by atoms with Crippen molar-refractivity contribution in [2.75, 3.05) is 11.6 Å². The molecule has 0 fully saturated rings. The van der Waals surface area contributed by atoms with Gasteiger partial charge in [-0.2, -0.15) is 22.0 Å². The molecule has 0 saturated heterocycles. The molecular formula is C25H19F7N4O3S. The van der Waals surface area contributed by atoms with Crippen molar-refractivity contribution in [1.82, 2.24) is 14.7 Å². The number of amides is 1. The molecule has 0 saturated carbocycles. The maximum absolute atomic E-state index is 14.7. The summed E-state index contributed by atoms with van der Waals surface area (Å²) < 4.78 is 116. The highest BCUT2D eigenvalue weighted by Crippen LogP contribution is 2.34. The minimum Gasteiger partial charge on any atom is -0.464 e. The predicted molar refractivity (Wildman–Crippen MR) is 134 cm³/mol. The van der Waals surface area contributed by atoms with Crippen LogP contribution in [0.25, 0.3) is 22.1 Å². The van der Waals surface area contributed by atoms with Crippen LogP contribution in [0.1, 0.15) is 24.6 Å². The van der Waals surface area contributed by atoms with E-state index in [4.69, 9.17) is 4.42 Å². The van der Waals surface area contributed by atoms with Crippen LogP contribution in [0.2, 0.25) is 0 Å². The van der Waals surface area contributed by atoms with E-state index in [0.717, 1.165) is 37.6 Å². The van der Waals surface area contributed by atoms with Gasteiger partial charge in [-0.15, -0.1) is 0 Å². The topological polar surface area (TPSA) is 97.1 Å². The number of pyridine rings is 2. The number of furan rings is 1. The molecule has 212 valence electrons. The molecule has 15 heteroatoms. The normalized spacial score (nSPS) is 13.6. The molecule has 40 heavy (non-hydrogen) atoms. The Kier molecular flexibility index (Phi) is 7.53. The lowest BCUT2D eigenvalue weighted by Crippen LogP contribution is -2.42. The first-order chi connectivity index (χ1) is 18.6. The average molecular weight is 589 g/mol. The van der Waals surface area contributed by atoms with Gasteiger partial charge in [0, 0.05) is 29.2 Å². The Hall–Kier alpha value is -4.14. The van der Waals surface area contributed by atoms with E-state index in [2.05, 4.69) is 15.3 Å². The maximum atomic E-state index is 14.7. The van der Waals surface area contributed by atoms with Gasteiger partial charge in [-0.05, 0) is 42.0 Å². The fourth-order valence-corrected chi connectivity index (χ4v) is 4.85. The Morgan fingerprint density at radius 1 is 1.02 bits per heavy atom. The van der Waals surface area contributed by atoms with Crippen LogP contribution in [0.4, 0.5) is 42.4 Å². The fraction of sp³-hybridized carbons (Fsp3) is 0.200. The third-order valence-corrected chi connectivity index (χ3v) is 6.85. The number of hydrogen-bond acceptors (Lipinski definition) is 6. The minimum absolute atomic E-state index is 0.0264. The van der Waals surface area contributed by atoms with Crippen molar-refractivity contribution in [3.8, 4) is 11.1 Å². The van der Waals surface area contributed by atoms with Crippen molar-refractivity contribution in [1.29, 1.82) is 0 Å². The summed E-state index contributed by atoms with van der Waals surface area (Å²) >= 11 is 0. The molecule has 0 aliphatic carbocycles. The lowest BCUT2D eigenvalue weighted by molar-refractivity contribution is -0.143. The Bertz CT molecular complexity index is 1730. The number of hydrogen-bond donors (Lipinski definition) is 2. The van der Waals surface area contributed by atoms with Crippen molar-refractivity contribution in [3.63, 3.8) is 0 Å². The number of nitrogens with one attached hydrogen (secondary N) is 2. The number of benzene rings is 1. The summed E-state index contributed by atoms with van der Waals surface area (Å²) in [5.41, 5.74) is -1.77. The molecule has 0 bridgehead atoms. The largest absolute Gasteiger partial charge is 0.464 e. The zero-order valence-corrected chi connectivity index (χ0v) is 21.4. The maximum Gasteiger partial charge on any atom is 0.433 e. The van der Waals surface area contributed by atoms with E-state index in [1.165, 1.54) is 18.4 Å². The van der Waals surface area contributed by atoms with E-state index in [9.17, 15) is 39.7 Å². The number of aromatic nitrogens is 2. The van der Waals surface area contributed by atoms with Crippen LogP contribution in [0, 0.1) is 11.6 Å². The van der Waals surface area contributed by atoms with Gasteiger partial charge in [0.05, 0.1) is 27.6 Å². The van der Waals surface area contributed by atoms with Crippen LogP contribution in [0.3, 0.4) is 0 Å². The summed E-state index contributed by atoms with van der Waals surface area (Å²) in [6, 6.07) is 6.33. The second-order valence-corrected chi connectivity index (χ2v) is 10.9. The van der Waals surface area contributed by atoms with Gasteiger partial charge in [-0.25, -0.2) is 23.0 Å².